The molecule has 0 aliphatic carbocycles. The maximum Gasteiger partial charge on any atom is 0.149 e. The highest BCUT2D eigenvalue weighted by molar-refractivity contribution is 6.65. The molecule has 0 unspecified atom stereocenters. The average molecular weight is 289 g/mol. The number of rotatable bonds is 2. The SMILES string of the molecule is C#Cc1ccc(CN2CCC3(CC2)CC(Cl)=NO3)cc1. The molecule has 1 saturated heterocycles. The molecule has 2 aliphatic heterocycles. The van der Waals surface area contributed by atoms with E-state index in [1.807, 2.05) is 12.1 Å². The number of piperidine rings is 1. The number of benzene rings is 1. The fraction of sp³-hybridized carbons (Fsp3) is 0.438. The monoisotopic (exact) mass is 288 g/mol. The second-order valence-electron chi connectivity index (χ2n) is 5.54. The molecule has 2 heterocycles. The standard InChI is InChI=1S/C16H17ClN2O/c1-2-13-3-5-14(6-4-13)12-19-9-7-16(8-10-19)11-15(17)18-20-16/h1,3-6H,7-12H2. The van der Waals surface area contributed by atoms with E-state index in [4.69, 9.17) is 22.9 Å². The Morgan fingerprint density at radius 3 is 2.55 bits per heavy atom. The van der Waals surface area contributed by atoms with Crippen LogP contribution < -0.4 is 0 Å². The van der Waals surface area contributed by atoms with Gasteiger partial charge in [0.2, 0.25) is 0 Å². The van der Waals surface area contributed by atoms with Gasteiger partial charge in [0.1, 0.15) is 10.8 Å². The summed E-state index contributed by atoms with van der Waals surface area (Å²) >= 11 is 5.93. The van der Waals surface area contributed by atoms with Gasteiger partial charge in [0.15, 0.2) is 0 Å². The largest absolute Gasteiger partial charge is 0.388 e. The van der Waals surface area contributed by atoms with Crippen molar-refractivity contribution in [3.8, 4) is 12.3 Å². The number of hydrogen-bond acceptors (Lipinski definition) is 3. The van der Waals surface area contributed by atoms with Crippen LogP contribution in [-0.2, 0) is 11.4 Å². The van der Waals surface area contributed by atoms with Crippen LogP contribution in [0.3, 0.4) is 0 Å². The minimum atomic E-state index is -0.138. The van der Waals surface area contributed by atoms with Gasteiger partial charge in [-0.05, 0) is 17.7 Å². The Morgan fingerprint density at radius 1 is 1.30 bits per heavy atom. The molecule has 20 heavy (non-hydrogen) atoms. The Hall–Kier alpha value is -1.50. The van der Waals surface area contributed by atoms with E-state index < -0.39 is 0 Å². The van der Waals surface area contributed by atoms with Crippen LogP contribution in [0.5, 0.6) is 0 Å². The highest BCUT2D eigenvalue weighted by Gasteiger charge is 2.41. The Balaban J connectivity index is 1.55. The molecule has 0 N–H and O–H groups in total. The molecule has 4 heteroatoms. The molecule has 1 aromatic rings. The molecule has 3 rings (SSSR count). The van der Waals surface area contributed by atoms with Gasteiger partial charge in [0.25, 0.3) is 0 Å². The first-order chi connectivity index (χ1) is 9.69. The van der Waals surface area contributed by atoms with Gasteiger partial charge < -0.3 is 4.84 Å². The molecule has 0 saturated carbocycles. The zero-order valence-electron chi connectivity index (χ0n) is 11.3. The molecule has 0 amide bonds. The zero-order chi connectivity index (χ0) is 14.0. The van der Waals surface area contributed by atoms with Crippen molar-refractivity contribution >= 4 is 16.8 Å². The van der Waals surface area contributed by atoms with E-state index in [0.717, 1.165) is 44.5 Å². The first-order valence-corrected chi connectivity index (χ1v) is 7.25. The number of halogens is 1. The van der Waals surface area contributed by atoms with Gasteiger partial charge in [0.05, 0.1) is 0 Å². The molecular formula is C16H17ClN2O. The van der Waals surface area contributed by atoms with Crippen molar-refractivity contribution in [3.63, 3.8) is 0 Å². The molecule has 0 atom stereocenters. The fourth-order valence-electron chi connectivity index (χ4n) is 2.83. The van der Waals surface area contributed by atoms with Crippen LogP contribution in [0.4, 0.5) is 0 Å². The molecular weight excluding hydrogens is 272 g/mol. The van der Waals surface area contributed by atoms with Crippen LogP contribution in [0.1, 0.15) is 30.4 Å². The molecule has 3 nitrogen and oxygen atoms in total. The van der Waals surface area contributed by atoms with E-state index in [1.54, 1.807) is 0 Å². The lowest BCUT2D eigenvalue weighted by Gasteiger charge is -2.37. The molecule has 1 spiro atoms. The van der Waals surface area contributed by atoms with Crippen molar-refractivity contribution in [1.82, 2.24) is 4.90 Å². The third-order valence-electron chi connectivity index (χ3n) is 4.10. The summed E-state index contributed by atoms with van der Waals surface area (Å²) in [5.74, 6) is 2.64. The van der Waals surface area contributed by atoms with E-state index in [1.165, 1.54) is 5.56 Å². The molecule has 1 fully saturated rings. The summed E-state index contributed by atoms with van der Waals surface area (Å²) < 4.78 is 0. The smallest absolute Gasteiger partial charge is 0.149 e. The van der Waals surface area contributed by atoms with Gasteiger partial charge >= 0.3 is 0 Å². The molecule has 0 bridgehead atoms. The van der Waals surface area contributed by atoms with Crippen LogP contribution in [-0.4, -0.2) is 28.8 Å². The molecule has 2 aliphatic rings. The maximum atomic E-state index is 5.93. The summed E-state index contributed by atoms with van der Waals surface area (Å²) in [5, 5.41) is 4.49. The van der Waals surface area contributed by atoms with Crippen LogP contribution in [0.15, 0.2) is 29.4 Å². The lowest BCUT2D eigenvalue weighted by molar-refractivity contribution is -0.0627. The third-order valence-corrected chi connectivity index (χ3v) is 4.30. The van der Waals surface area contributed by atoms with Crippen molar-refractivity contribution in [3.05, 3.63) is 35.4 Å². The summed E-state index contributed by atoms with van der Waals surface area (Å²) in [6.07, 6.45) is 8.09. The Bertz CT molecular complexity index is 551. The number of terminal acetylenes is 1. The van der Waals surface area contributed by atoms with Gasteiger partial charge in [-0.15, -0.1) is 6.42 Å². The van der Waals surface area contributed by atoms with Crippen molar-refractivity contribution in [1.29, 1.82) is 0 Å². The van der Waals surface area contributed by atoms with Crippen LogP contribution in [0.2, 0.25) is 0 Å². The normalized spacial score (nSPS) is 21.3. The Kier molecular flexibility index (Phi) is 3.69. The first kappa shape index (κ1) is 13.5. The average Bonchev–Trinajstić information content (AvgIpc) is 2.84. The van der Waals surface area contributed by atoms with Crippen LogP contribution in [0, 0.1) is 12.3 Å². The summed E-state index contributed by atoms with van der Waals surface area (Å²) in [6.45, 7) is 2.97. The molecule has 0 radical (unpaired) electrons. The highest BCUT2D eigenvalue weighted by atomic mass is 35.5. The lowest BCUT2D eigenvalue weighted by atomic mass is 9.89. The predicted molar refractivity (Wildman–Crippen MR) is 80.6 cm³/mol. The minimum absolute atomic E-state index is 0.138. The highest BCUT2D eigenvalue weighted by Crippen LogP contribution is 2.35. The zero-order valence-corrected chi connectivity index (χ0v) is 12.1. The Labute approximate surface area is 124 Å². The van der Waals surface area contributed by atoms with Gasteiger partial charge in [-0.1, -0.05) is 34.8 Å². The summed E-state index contributed by atoms with van der Waals surface area (Å²) in [4.78, 5) is 7.97. The predicted octanol–water partition coefficient (Wildman–Crippen LogP) is 2.98. The number of likely N-dealkylation sites (tertiary alicyclic amines) is 1. The topological polar surface area (TPSA) is 24.8 Å². The lowest BCUT2D eigenvalue weighted by Crippen LogP contribution is -2.44. The van der Waals surface area contributed by atoms with Crippen LogP contribution >= 0.6 is 11.6 Å². The van der Waals surface area contributed by atoms with Gasteiger partial charge in [-0.25, -0.2) is 0 Å². The number of hydrogen-bond donors (Lipinski definition) is 0. The molecule has 0 aromatic heterocycles. The fourth-order valence-corrected chi connectivity index (χ4v) is 3.11. The van der Waals surface area contributed by atoms with E-state index in [0.29, 0.717) is 5.17 Å². The Morgan fingerprint density at radius 2 is 2.00 bits per heavy atom. The second kappa shape index (κ2) is 5.47. The quantitative estimate of drug-likeness (QED) is 0.782. The summed E-state index contributed by atoms with van der Waals surface area (Å²) in [5.41, 5.74) is 2.08. The van der Waals surface area contributed by atoms with Gasteiger partial charge in [-0.3, -0.25) is 4.90 Å². The number of nitrogens with zero attached hydrogens (tertiary/aromatic N) is 2. The van der Waals surface area contributed by atoms with E-state index in [2.05, 4.69) is 28.1 Å². The van der Waals surface area contributed by atoms with Crippen molar-refractivity contribution in [2.75, 3.05) is 13.1 Å². The van der Waals surface area contributed by atoms with Crippen molar-refractivity contribution < 1.29 is 4.84 Å². The van der Waals surface area contributed by atoms with Crippen molar-refractivity contribution in [2.45, 2.75) is 31.4 Å². The van der Waals surface area contributed by atoms with Gasteiger partial charge in [-0.2, -0.15) is 0 Å². The number of oxime groups is 1. The molecule has 104 valence electrons. The van der Waals surface area contributed by atoms with Crippen molar-refractivity contribution in [2.24, 2.45) is 5.16 Å². The summed E-state index contributed by atoms with van der Waals surface area (Å²) in [6, 6.07) is 8.19. The summed E-state index contributed by atoms with van der Waals surface area (Å²) in [7, 11) is 0. The minimum Gasteiger partial charge on any atom is -0.388 e. The first-order valence-electron chi connectivity index (χ1n) is 6.88. The van der Waals surface area contributed by atoms with E-state index in [9.17, 15) is 0 Å². The van der Waals surface area contributed by atoms with Crippen LogP contribution in [0.25, 0.3) is 0 Å². The van der Waals surface area contributed by atoms with Gasteiger partial charge in [0, 0.05) is 44.5 Å². The molecule has 1 aromatic carbocycles. The van der Waals surface area contributed by atoms with E-state index in [-0.39, 0.29) is 5.60 Å². The maximum absolute atomic E-state index is 5.93. The van der Waals surface area contributed by atoms with E-state index >= 15 is 0 Å². The second-order valence-corrected chi connectivity index (χ2v) is 5.97. The third kappa shape index (κ3) is 2.82.